The van der Waals surface area contributed by atoms with Crippen LogP contribution in [0.15, 0.2) is 24.3 Å². The van der Waals surface area contributed by atoms with Crippen molar-refractivity contribution in [3.05, 3.63) is 30.1 Å². The Morgan fingerprint density at radius 1 is 1.41 bits per heavy atom. The summed E-state index contributed by atoms with van der Waals surface area (Å²) in [5.41, 5.74) is 5.55. The Bertz CT molecular complexity index is 481. The van der Waals surface area contributed by atoms with Crippen LogP contribution >= 0.6 is 0 Å². The van der Waals surface area contributed by atoms with Crippen molar-refractivity contribution in [1.82, 2.24) is 4.90 Å². The number of carbonyl (C=O) groups is 1. The fourth-order valence-corrected chi connectivity index (χ4v) is 2.44. The molecule has 0 saturated carbocycles. The molecule has 1 heterocycles. The number of carbonyl (C=O) groups excluding carboxylic acids is 1. The van der Waals surface area contributed by atoms with E-state index in [1.807, 2.05) is 0 Å². The zero-order valence-corrected chi connectivity index (χ0v) is 12.8. The van der Waals surface area contributed by atoms with Crippen LogP contribution in [-0.4, -0.2) is 49.8 Å². The molecule has 2 N–H and O–H groups in total. The van der Waals surface area contributed by atoms with Gasteiger partial charge in [-0.3, -0.25) is 4.79 Å². The largest absolute Gasteiger partial charge is 0.494 e. The summed E-state index contributed by atoms with van der Waals surface area (Å²) in [4.78, 5) is 13.9. The van der Waals surface area contributed by atoms with Crippen molar-refractivity contribution < 1.29 is 18.7 Å². The molecule has 1 aromatic carbocycles. The average Bonchev–Trinajstić information content (AvgIpc) is 3.01. The first-order chi connectivity index (χ1) is 10.6. The zero-order chi connectivity index (χ0) is 15.9. The topological polar surface area (TPSA) is 64.8 Å². The molecule has 2 atom stereocenters. The molecule has 1 saturated heterocycles. The Morgan fingerprint density at radius 2 is 2.14 bits per heavy atom. The van der Waals surface area contributed by atoms with Gasteiger partial charge in [0, 0.05) is 20.1 Å². The Kier molecular flexibility index (Phi) is 6.15. The molecule has 6 heteroatoms. The van der Waals surface area contributed by atoms with Gasteiger partial charge in [0.25, 0.3) is 5.91 Å². The summed E-state index contributed by atoms with van der Waals surface area (Å²) in [6.45, 7) is 1.52. The highest BCUT2D eigenvalue weighted by Gasteiger charge is 2.31. The van der Waals surface area contributed by atoms with Crippen molar-refractivity contribution in [3.63, 3.8) is 0 Å². The Morgan fingerprint density at radius 3 is 2.77 bits per heavy atom. The molecule has 1 aliphatic heterocycles. The lowest BCUT2D eigenvalue weighted by Gasteiger charge is -2.21. The highest BCUT2D eigenvalue weighted by molar-refractivity contribution is 5.80. The van der Waals surface area contributed by atoms with E-state index in [9.17, 15) is 9.18 Å². The summed E-state index contributed by atoms with van der Waals surface area (Å²) in [5.74, 6) is 0.336. The number of ether oxygens (including phenoxy) is 2. The molecule has 22 heavy (non-hydrogen) atoms. The van der Waals surface area contributed by atoms with E-state index in [4.69, 9.17) is 15.2 Å². The van der Waals surface area contributed by atoms with Crippen molar-refractivity contribution in [2.75, 3.05) is 26.7 Å². The van der Waals surface area contributed by atoms with Gasteiger partial charge >= 0.3 is 0 Å². The van der Waals surface area contributed by atoms with E-state index in [1.165, 1.54) is 12.1 Å². The summed E-state index contributed by atoms with van der Waals surface area (Å²) in [5, 5.41) is 0. The predicted octanol–water partition coefficient (Wildman–Crippen LogP) is 1.56. The van der Waals surface area contributed by atoms with E-state index < -0.39 is 0 Å². The molecule has 1 aromatic rings. The minimum Gasteiger partial charge on any atom is -0.494 e. The number of nitrogens with two attached hydrogens (primary N) is 1. The van der Waals surface area contributed by atoms with Gasteiger partial charge in [-0.05, 0) is 43.5 Å². The van der Waals surface area contributed by atoms with E-state index in [2.05, 4.69) is 0 Å². The van der Waals surface area contributed by atoms with E-state index in [1.54, 1.807) is 24.1 Å². The van der Waals surface area contributed by atoms with Crippen LogP contribution in [0.4, 0.5) is 4.39 Å². The minimum absolute atomic E-state index is 0.00210. The number of amides is 1. The van der Waals surface area contributed by atoms with Gasteiger partial charge in [-0.1, -0.05) is 0 Å². The molecule has 1 amide bonds. The standard InChI is InChI=1S/C16H23FN2O3/c1-19(16(20)15-8-7-14(11-18)22-15)9-2-10-21-13-5-3-12(17)4-6-13/h3-6,14-15H,2,7-11,18H2,1H3/t14-,15+/m1/s1. The number of benzene rings is 1. The van der Waals surface area contributed by atoms with Crippen LogP contribution in [-0.2, 0) is 9.53 Å². The van der Waals surface area contributed by atoms with Crippen molar-refractivity contribution in [1.29, 1.82) is 0 Å². The van der Waals surface area contributed by atoms with Gasteiger partial charge in [0.05, 0.1) is 12.7 Å². The molecule has 5 nitrogen and oxygen atoms in total. The van der Waals surface area contributed by atoms with Crippen LogP contribution in [0.3, 0.4) is 0 Å². The first kappa shape index (κ1) is 16.7. The average molecular weight is 310 g/mol. The van der Waals surface area contributed by atoms with Crippen LogP contribution in [0, 0.1) is 5.82 Å². The van der Waals surface area contributed by atoms with Crippen LogP contribution in [0.5, 0.6) is 5.75 Å². The van der Waals surface area contributed by atoms with Crippen LogP contribution in [0.2, 0.25) is 0 Å². The van der Waals surface area contributed by atoms with Gasteiger partial charge in [0.15, 0.2) is 0 Å². The van der Waals surface area contributed by atoms with Gasteiger partial charge in [-0.15, -0.1) is 0 Å². The fraction of sp³-hybridized carbons (Fsp3) is 0.562. The number of likely N-dealkylation sites (N-methyl/N-ethyl adjacent to an activating group) is 1. The van der Waals surface area contributed by atoms with E-state index in [0.717, 1.165) is 12.8 Å². The monoisotopic (exact) mass is 310 g/mol. The van der Waals surface area contributed by atoms with Gasteiger partial charge < -0.3 is 20.1 Å². The SMILES string of the molecule is CN(CCCOc1ccc(F)cc1)C(=O)[C@@H]1CC[C@H](CN)O1. The maximum Gasteiger partial charge on any atom is 0.251 e. The second-order valence-corrected chi connectivity index (χ2v) is 5.48. The number of nitrogens with zero attached hydrogens (tertiary/aromatic N) is 1. The zero-order valence-electron chi connectivity index (χ0n) is 12.8. The molecular weight excluding hydrogens is 287 g/mol. The van der Waals surface area contributed by atoms with Crippen LogP contribution in [0.1, 0.15) is 19.3 Å². The van der Waals surface area contributed by atoms with Gasteiger partial charge in [0.1, 0.15) is 17.7 Å². The summed E-state index contributed by atoms with van der Waals surface area (Å²) < 4.78 is 23.8. The maximum atomic E-state index is 12.8. The molecule has 1 fully saturated rings. The molecule has 0 bridgehead atoms. The van der Waals surface area contributed by atoms with Crippen molar-refractivity contribution in [2.24, 2.45) is 5.73 Å². The third-order valence-electron chi connectivity index (χ3n) is 3.74. The molecular formula is C16H23FN2O3. The van der Waals surface area contributed by atoms with E-state index in [-0.39, 0.29) is 23.9 Å². The number of hydrogen-bond donors (Lipinski definition) is 1. The maximum absolute atomic E-state index is 12.8. The lowest BCUT2D eigenvalue weighted by molar-refractivity contribution is -0.141. The Balaban J connectivity index is 1.66. The molecule has 2 rings (SSSR count). The smallest absolute Gasteiger partial charge is 0.251 e. The molecule has 1 aliphatic rings. The van der Waals surface area contributed by atoms with Crippen LogP contribution in [0.25, 0.3) is 0 Å². The lowest BCUT2D eigenvalue weighted by atomic mass is 10.2. The van der Waals surface area contributed by atoms with Crippen molar-refractivity contribution >= 4 is 5.91 Å². The van der Waals surface area contributed by atoms with Gasteiger partial charge in [0.2, 0.25) is 0 Å². The number of hydrogen-bond acceptors (Lipinski definition) is 4. The third kappa shape index (κ3) is 4.68. The first-order valence-corrected chi connectivity index (χ1v) is 7.59. The predicted molar refractivity (Wildman–Crippen MR) is 81.1 cm³/mol. The highest BCUT2D eigenvalue weighted by Crippen LogP contribution is 2.20. The van der Waals surface area contributed by atoms with E-state index in [0.29, 0.717) is 31.9 Å². The molecule has 0 aliphatic carbocycles. The molecule has 122 valence electrons. The van der Waals surface area contributed by atoms with Crippen molar-refractivity contribution in [2.45, 2.75) is 31.5 Å². The normalized spacial score (nSPS) is 20.9. The lowest BCUT2D eigenvalue weighted by Crippen LogP contribution is -2.38. The highest BCUT2D eigenvalue weighted by atomic mass is 19.1. The Labute approximate surface area is 130 Å². The van der Waals surface area contributed by atoms with E-state index >= 15 is 0 Å². The summed E-state index contributed by atoms with van der Waals surface area (Å²) in [6, 6.07) is 5.89. The summed E-state index contributed by atoms with van der Waals surface area (Å²) in [7, 11) is 1.76. The summed E-state index contributed by atoms with van der Waals surface area (Å²) >= 11 is 0. The summed E-state index contributed by atoms with van der Waals surface area (Å²) in [6.07, 6.45) is 1.92. The Hall–Kier alpha value is -1.66. The first-order valence-electron chi connectivity index (χ1n) is 7.59. The third-order valence-corrected chi connectivity index (χ3v) is 3.74. The van der Waals surface area contributed by atoms with Crippen molar-refractivity contribution in [3.8, 4) is 5.75 Å². The molecule has 0 unspecified atom stereocenters. The quantitative estimate of drug-likeness (QED) is 0.776. The van der Waals surface area contributed by atoms with Gasteiger partial charge in [-0.25, -0.2) is 4.39 Å². The van der Waals surface area contributed by atoms with Crippen LogP contribution < -0.4 is 10.5 Å². The minimum atomic E-state index is -0.364. The molecule has 0 spiro atoms. The fourth-order valence-electron chi connectivity index (χ4n) is 2.44. The molecule has 0 aromatic heterocycles. The number of halogens is 1. The van der Waals surface area contributed by atoms with Gasteiger partial charge in [-0.2, -0.15) is 0 Å². The molecule has 0 radical (unpaired) electrons. The second kappa shape index (κ2) is 8.10. The second-order valence-electron chi connectivity index (χ2n) is 5.48. The number of rotatable bonds is 7.